The highest BCUT2D eigenvalue weighted by Crippen LogP contribution is 2.29. The third-order valence-corrected chi connectivity index (χ3v) is 2.89. The molecule has 0 aliphatic rings. The van der Waals surface area contributed by atoms with Crippen LogP contribution in [0, 0.1) is 5.92 Å². The average molecular weight is 259 g/mol. The number of rotatable bonds is 5. The molecule has 2 nitrogen and oxygen atoms in total. The molecule has 0 aliphatic heterocycles. The molecule has 0 spiro atoms. The summed E-state index contributed by atoms with van der Waals surface area (Å²) in [6.07, 6.45) is -3.56. The standard InChI is InChI=1S/C13H16F3NO/c1-2-10(8-17)12(18)7-9-3-5-11(6-4-9)13(14,15)16/h3-6,10H,2,7-8,17H2,1H3. The van der Waals surface area contributed by atoms with Gasteiger partial charge in [0.05, 0.1) is 5.56 Å². The van der Waals surface area contributed by atoms with Crippen molar-refractivity contribution in [1.82, 2.24) is 0 Å². The summed E-state index contributed by atoms with van der Waals surface area (Å²) in [6.45, 7) is 2.14. The Kier molecular flexibility index (Phi) is 4.90. The Morgan fingerprint density at radius 2 is 1.83 bits per heavy atom. The first-order valence-corrected chi connectivity index (χ1v) is 5.77. The molecule has 0 fully saturated rings. The van der Waals surface area contributed by atoms with Gasteiger partial charge in [-0.3, -0.25) is 4.79 Å². The fraction of sp³-hybridized carbons (Fsp3) is 0.462. The monoisotopic (exact) mass is 259 g/mol. The number of alkyl halides is 3. The lowest BCUT2D eigenvalue weighted by molar-refractivity contribution is -0.137. The number of Topliss-reactive ketones (excluding diaryl/α,β-unsaturated/α-hetero) is 1. The number of benzene rings is 1. The number of carbonyl (C=O) groups is 1. The van der Waals surface area contributed by atoms with Gasteiger partial charge in [0, 0.05) is 18.9 Å². The molecule has 5 heteroatoms. The largest absolute Gasteiger partial charge is 0.416 e. The van der Waals surface area contributed by atoms with Crippen LogP contribution in [0.4, 0.5) is 13.2 Å². The first kappa shape index (κ1) is 14.7. The molecule has 0 saturated heterocycles. The molecule has 1 rings (SSSR count). The van der Waals surface area contributed by atoms with Crippen molar-refractivity contribution in [3.8, 4) is 0 Å². The zero-order chi connectivity index (χ0) is 13.8. The van der Waals surface area contributed by atoms with Gasteiger partial charge in [0.15, 0.2) is 0 Å². The molecule has 1 aromatic rings. The van der Waals surface area contributed by atoms with Crippen LogP contribution in [-0.4, -0.2) is 12.3 Å². The van der Waals surface area contributed by atoms with Crippen molar-refractivity contribution in [1.29, 1.82) is 0 Å². The van der Waals surface area contributed by atoms with Crippen LogP contribution in [-0.2, 0) is 17.4 Å². The first-order chi connectivity index (χ1) is 8.38. The summed E-state index contributed by atoms with van der Waals surface area (Å²) >= 11 is 0. The molecule has 0 saturated carbocycles. The van der Waals surface area contributed by atoms with Crippen molar-refractivity contribution in [3.05, 3.63) is 35.4 Å². The Morgan fingerprint density at radius 3 is 2.22 bits per heavy atom. The molecule has 1 atom stereocenters. The second kappa shape index (κ2) is 6.00. The minimum atomic E-state index is -4.34. The zero-order valence-corrected chi connectivity index (χ0v) is 10.1. The molecule has 0 amide bonds. The summed E-state index contributed by atoms with van der Waals surface area (Å²) in [6, 6.07) is 4.66. The van der Waals surface area contributed by atoms with Gasteiger partial charge < -0.3 is 5.73 Å². The van der Waals surface area contributed by atoms with E-state index in [0.717, 1.165) is 12.1 Å². The fourth-order valence-corrected chi connectivity index (χ4v) is 1.68. The first-order valence-electron chi connectivity index (χ1n) is 5.77. The van der Waals surface area contributed by atoms with E-state index in [4.69, 9.17) is 5.73 Å². The van der Waals surface area contributed by atoms with E-state index in [1.54, 1.807) is 0 Å². The third kappa shape index (κ3) is 3.84. The molecule has 0 bridgehead atoms. The Hall–Kier alpha value is -1.36. The van der Waals surface area contributed by atoms with Crippen LogP contribution in [0.15, 0.2) is 24.3 Å². The summed E-state index contributed by atoms with van der Waals surface area (Å²) in [5.74, 6) is -0.243. The highest BCUT2D eigenvalue weighted by atomic mass is 19.4. The van der Waals surface area contributed by atoms with Gasteiger partial charge in [-0.25, -0.2) is 0 Å². The van der Waals surface area contributed by atoms with Crippen molar-refractivity contribution >= 4 is 5.78 Å². The van der Waals surface area contributed by atoms with Crippen molar-refractivity contribution in [2.24, 2.45) is 11.7 Å². The maximum absolute atomic E-state index is 12.3. The van der Waals surface area contributed by atoms with Crippen LogP contribution in [0.5, 0.6) is 0 Å². The number of halogens is 3. The van der Waals surface area contributed by atoms with Crippen LogP contribution in [0.3, 0.4) is 0 Å². The van der Waals surface area contributed by atoms with E-state index in [2.05, 4.69) is 0 Å². The molecule has 0 aromatic heterocycles. The average Bonchev–Trinajstić information content (AvgIpc) is 2.30. The van der Waals surface area contributed by atoms with Crippen LogP contribution in [0.25, 0.3) is 0 Å². The van der Waals surface area contributed by atoms with E-state index in [0.29, 0.717) is 12.0 Å². The van der Waals surface area contributed by atoms with Crippen molar-refractivity contribution in [3.63, 3.8) is 0 Å². The number of hydrogen-bond acceptors (Lipinski definition) is 2. The SMILES string of the molecule is CCC(CN)C(=O)Cc1ccc(C(F)(F)F)cc1. The summed E-state index contributed by atoms with van der Waals surface area (Å²) in [5, 5.41) is 0. The highest BCUT2D eigenvalue weighted by molar-refractivity contribution is 5.83. The van der Waals surface area contributed by atoms with Crippen molar-refractivity contribution in [2.75, 3.05) is 6.54 Å². The molecule has 18 heavy (non-hydrogen) atoms. The van der Waals surface area contributed by atoms with Crippen molar-refractivity contribution in [2.45, 2.75) is 25.9 Å². The highest BCUT2D eigenvalue weighted by Gasteiger charge is 2.30. The van der Waals surface area contributed by atoms with E-state index in [-0.39, 0.29) is 24.7 Å². The predicted molar refractivity (Wildman–Crippen MR) is 63.0 cm³/mol. The number of nitrogens with two attached hydrogens (primary N) is 1. The van der Waals surface area contributed by atoms with Gasteiger partial charge in [0.1, 0.15) is 5.78 Å². The minimum absolute atomic E-state index is 0.0280. The lowest BCUT2D eigenvalue weighted by atomic mass is 9.95. The van der Waals surface area contributed by atoms with Crippen LogP contribution in [0.1, 0.15) is 24.5 Å². The lowest BCUT2D eigenvalue weighted by Crippen LogP contribution is -2.24. The van der Waals surface area contributed by atoms with Gasteiger partial charge in [-0.1, -0.05) is 19.1 Å². The number of hydrogen-bond donors (Lipinski definition) is 1. The van der Waals surface area contributed by atoms with E-state index in [1.807, 2.05) is 6.92 Å². The molecule has 100 valence electrons. The molecular formula is C13H16F3NO. The van der Waals surface area contributed by atoms with Gasteiger partial charge in [0.2, 0.25) is 0 Å². The van der Waals surface area contributed by atoms with Gasteiger partial charge in [-0.2, -0.15) is 13.2 Å². The molecule has 0 heterocycles. The topological polar surface area (TPSA) is 43.1 Å². The van der Waals surface area contributed by atoms with Crippen LogP contribution in [0.2, 0.25) is 0 Å². The minimum Gasteiger partial charge on any atom is -0.330 e. The molecular weight excluding hydrogens is 243 g/mol. The Labute approximate surface area is 104 Å². The van der Waals surface area contributed by atoms with Gasteiger partial charge in [-0.05, 0) is 24.1 Å². The Balaban J connectivity index is 2.72. The van der Waals surface area contributed by atoms with E-state index >= 15 is 0 Å². The number of carbonyl (C=O) groups excluding carboxylic acids is 1. The zero-order valence-electron chi connectivity index (χ0n) is 10.1. The normalized spacial score (nSPS) is 13.4. The molecule has 2 N–H and O–H groups in total. The summed E-state index contributed by atoms with van der Waals surface area (Å²) in [5.41, 5.74) is 5.33. The summed E-state index contributed by atoms with van der Waals surface area (Å²) < 4.78 is 37.0. The summed E-state index contributed by atoms with van der Waals surface area (Å²) in [7, 11) is 0. The van der Waals surface area contributed by atoms with Gasteiger partial charge in [0.25, 0.3) is 0 Å². The van der Waals surface area contributed by atoms with Crippen LogP contribution < -0.4 is 5.73 Å². The quantitative estimate of drug-likeness (QED) is 0.883. The lowest BCUT2D eigenvalue weighted by Gasteiger charge is -2.11. The Morgan fingerprint density at radius 1 is 1.28 bits per heavy atom. The second-order valence-electron chi connectivity index (χ2n) is 4.18. The van der Waals surface area contributed by atoms with E-state index in [9.17, 15) is 18.0 Å². The molecule has 1 unspecified atom stereocenters. The predicted octanol–water partition coefficient (Wildman–Crippen LogP) is 2.80. The third-order valence-electron chi connectivity index (χ3n) is 2.89. The Bertz CT molecular complexity index is 394. The fourth-order valence-electron chi connectivity index (χ4n) is 1.68. The van der Waals surface area contributed by atoms with Gasteiger partial charge in [-0.15, -0.1) is 0 Å². The smallest absolute Gasteiger partial charge is 0.330 e. The van der Waals surface area contributed by atoms with Crippen molar-refractivity contribution < 1.29 is 18.0 Å². The maximum Gasteiger partial charge on any atom is 0.416 e. The van der Waals surface area contributed by atoms with E-state index in [1.165, 1.54) is 12.1 Å². The number of ketones is 1. The van der Waals surface area contributed by atoms with Crippen LogP contribution >= 0.6 is 0 Å². The molecule has 1 aromatic carbocycles. The van der Waals surface area contributed by atoms with Gasteiger partial charge >= 0.3 is 6.18 Å². The maximum atomic E-state index is 12.3. The second-order valence-corrected chi connectivity index (χ2v) is 4.18. The molecule has 0 aliphatic carbocycles. The summed E-state index contributed by atoms with van der Waals surface area (Å²) in [4.78, 5) is 11.8. The van der Waals surface area contributed by atoms with E-state index < -0.39 is 11.7 Å². The molecule has 0 radical (unpaired) electrons.